The predicted molar refractivity (Wildman–Crippen MR) is 133 cm³/mol. The molecule has 1 aromatic rings. The van der Waals surface area contributed by atoms with Crippen LogP contribution >= 0.6 is 11.6 Å². The van der Waals surface area contributed by atoms with Gasteiger partial charge in [0.25, 0.3) is 0 Å². The number of nitrogens with zero attached hydrogens (tertiary/aromatic N) is 3. The molecule has 0 atom stereocenters. The fourth-order valence-corrected chi connectivity index (χ4v) is 3.57. The Morgan fingerprint density at radius 1 is 1.06 bits per heavy atom. The molecule has 198 valence electrons. The van der Waals surface area contributed by atoms with Gasteiger partial charge in [-0.05, 0) is 71.9 Å². The van der Waals surface area contributed by atoms with Crippen LogP contribution in [-0.2, 0) is 19.0 Å². The number of rotatable bonds is 3. The van der Waals surface area contributed by atoms with Crippen LogP contribution in [0.25, 0.3) is 0 Å². The van der Waals surface area contributed by atoms with E-state index in [1.807, 2.05) is 0 Å². The van der Waals surface area contributed by atoms with Crippen molar-refractivity contribution in [3.8, 4) is 12.0 Å². The number of hydrogen-bond acceptors (Lipinski definition) is 9. The Labute approximate surface area is 216 Å². The molecule has 0 unspecified atom stereocenters. The number of carbonyl (C=O) groups excluding carboxylic acids is 3. The molecule has 12 heteroatoms. The van der Waals surface area contributed by atoms with Crippen molar-refractivity contribution in [2.45, 2.75) is 90.4 Å². The summed E-state index contributed by atoms with van der Waals surface area (Å²) in [6.07, 6.45) is 3.25. The Bertz CT molecular complexity index is 1030. The third-order valence-electron chi connectivity index (χ3n) is 4.88. The van der Waals surface area contributed by atoms with E-state index in [0.29, 0.717) is 17.9 Å². The summed E-state index contributed by atoms with van der Waals surface area (Å²) in [4.78, 5) is 45.9. The molecule has 1 aliphatic rings. The summed E-state index contributed by atoms with van der Waals surface area (Å²) in [6, 6.07) is 2.55. The second kappa shape index (κ2) is 11.6. The molecule has 36 heavy (non-hydrogen) atoms. The highest BCUT2D eigenvalue weighted by atomic mass is 35.5. The minimum Gasteiger partial charge on any atom is -0.467 e. The number of aromatic nitrogens is 2. The number of hydrazine groups is 1. The van der Waals surface area contributed by atoms with Crippen molar-refractivity contribution in [3.05, 3.63) is 17.0 Å². The summed E-state index contributed by atoms with van der Waals surface area (Å²) < 4.78 is 15.6. The van der Waals surface area contributed by atoms with E-state index in [4.69, 9.17) is 25.8 Å². The van der Waals surface area contributed by atoms with E-state index < -0.39 is 34.9 Å². The summed E-state index contributed by atoms with van der Waals surface area (Å²) in [6.45, 7) is 10.1. The Kier molecular flexibility index (Phi) is 9.38. The van der Waals surface area contributed by atoms with Crippen molar-refractivity contribution >= 4 is 35.6 Å². The first kappa shape index (κ1) is 29.0. The number of esters is 1. The van der Waals surface area contributed by atoms with Crippen LogP contribution in [0.1, 0.15) is 79.2 Å². The lowest BCUT2D eigenvalue weighted by atomic mass is 9.81. The first-order valence-electron chi connectivity index (χ1n) is 11.6. The molecule has 2 rings (SSSR count). The van der Waals surface area contributed by atoms with E-state index in [9.17, 15) is 14.4 Å². The number of carbonyl (C=O) groups is 3. The van der Waals surface area contributed by atoms with Crippen molar-refractivity contribution in [1.29, 1.82) is 0 Å². The van der Waals surface area contributed by atoms with E-state index in [2.05, 4.69) is 32.7 Å². The zero-order chi connectivity index (χ0) is 27.1. The van der Waals surface area contributed by atoms with Crippen molar-refractivity contribution < 1.29 is 28.6 Å². The summed E-state index contributed by atoms with van der Waals surface area (Å²) in [5, 5.41) is 3.77. The molecule has 1 fully saturated rings. The first-order valence-corrected chi connectivity index (χ1v) is 12.0. The molecule has 11 nitrogen and oxygen atoms in total. The summed E-state index contributed by atoms with van der Waals surface area (Å²) in [5.41, 5.74) is -0.150. The van der Waals surface area contributed by atoms with E-state index in [1.165, 1.54) is 13.3 Å². The number of anilines is 1. The average Bonchev–Trinajstić information content (AvgIpc) is 2.75. The van der Waals surface area contributed by atoms with Gasteiger partial charge in [-0.15, -0.1) is 5.01 Å². The van der Waals surface area contributed by atoms with Gasteiger partial charge < -0.3 is 19.5 Å². The SMILES string of the molecule is COC(=O)C1(Nc2nc(Cl)ncc2C#CN(NC(=O)OC(C)(C)C)C(=O)OC(C)(C)C)CCCCC1. The van der Waals surface area contributed by atoms with E-state index >= 15 is 0 Å². The Morgan fingerprint density at radius 3 is 2.22 bits per heavy atom. The van der Waals surface area contributed by atoms with Crippen LogP contribution in [-0.4, -0.2) is 57.0 Å². The normalized spacial score (nSPS) is 15.0. The van der Waals surface area contributed by atoms with Crippen molar-refractivity contribution in [3.63, 3.8) is 0 Å². The van der Waals surface area contributed by atoms with Crippen LogP contribution in [0.15, 0.2) is 6.20 Å². The highest BCUT2D eigenvalue weighted by Gasteiger charge is 2.41. The van der Waals surface area contributed by atoms with Crippen molar-refractivity contribution in [1.82, 2.24) is 20.4 Å². The van der Waals surface area contributed by atoms with Crippen LogP contribution < -0.4 is 10.7 Å². The van der Waals surface area contributed by atoms with Crippen LogP contribution in [0, 0.1) is 12.0 Å². The zero-order valence-corrected chi connectivity index (χ0v) is 22.5. The minimum absolute atomic E-state index is 0.0604. The fourth-order valence-electron chi connectivity index (χ4n) is 3.44. The topological polar surface area (TPSA) is 132 Å². The van der Waals surface area contributed by atoms with Gasteiger partial charge in [-0.25, -0.2) is 24.8 Å². The quantitative estimate of drug-likeness (QED) is 0.148. The monoisotopic (exact) mass is 523 g/mol. The number of halogens is 1. The molecule has 1 aromatic heterocycles. The smallest absolute Gasteiger partial charge is 0.441 e. The second-order valence-corrected chi connectivity index (χ2v) is 10.7. The van der Waals surface area contributed by atoms with Crippen molar-refractivity contribution in [2.24, 2.45) is 0 Å². The number of ether oxygens (including phenoxy) is 3. The van der Waals surface area contributed by atoms with E-state index in [-0.39, 0.29) is 16.7 Å². The van der Waals surface area contributed by atoms with Gasteiger partial charge in [0.15, 0.2) is 0 Å². The first-order chi connectivity index (χ1) is 16.6. The standard InChI is InChI=1S/C24H34ClN5O6/c1-22(2,3)35-20(32)29-30(21(33)36-23(4,5)6)14-11-16-15-26-19(25)27-17(16)28-24(18(31)34-7)12-9-8-10-13-24/h15H,8-10,12-13H2,1-7H3,(H,29,32)(H,26,27,28). The maximum absolute atomic E-state index is 12.7. The largest absolute Gasteiger partial charge is 0.467 e. The maximum Gasteiger partial charge on any atom is 0.441 e. The van der Waals surface area contributed by atoms with Gasteiger partial charge >= 0.3 is 18.2 Å². The van der Waals surface area contributed by atoms with Crippen molar-refractivity contribution in [2.75, 3.05) is 12.4 Å². The predicted octanol–water partition coefficient (Wildman–Crippen LogP) is 4.40. The van der Waals surface area contributed by atoms with Crippen LogP contribution in [0.4, 0.5) is 15.4 Å². The van der Waals surface area contributed by atoms with Gasteiger partial charge in [0.05, 0.1) is 12.7 Å². The fraction of sp³-hybridized carbons (Fsp3) is 0.625. The van der Waals surface area contributed by atoms with E-state index in [1.54, 1.807) is 41.5 Å². The van der Waals surface area contributed by atoms with Gasteiger partial charge in [0, 0.05) is 12.2 Å². The minimum atomic E-state index is -0.999. The molecule has 1 saturated carbocycles. The molecular formula is C24H34ClN5O6. The van der Waals surface area contributed by atoms with Crippen LogP contribution in [0.3, 0.4) is 0 Å². The van der Waals surface area contributed by atoms with Crippen LogP contribution in [0.2, 0.25) is 5.28 Å². The molecule has 0 saturated heterocycles. The molecule has 2 N–H and O–H groups in total. The van der Waals surface area contributed by atoms with Gasteiger partial charge in [-0.1, -0.05) is 19.3 Å². The highest BCUT2D eigenvalue weighted by Crippen LogP contribution is 2.33. The zero-order valence-electron chi connectivity index (χ0n) is 21.8. The second-order valence-electron chi connectivity index (χ2n) is 10.3. The number of hydrogen-bond donors (Lipinski definition) is 2. The molecule has 0 radical (unpaired) electrons. The van der Waals surface area contributed by atoms with Gasteiger partial charge in [-0.2, -0.15) is 4.98 Å². The molecule has 0 bridgehead atoms. The van der Waals surface area contributed by atoms with Gasteiger partial charge in [-0.3, -0.25) is 0 Å². The molecule has 0 aliphatic heterocycles. The third-order valence-corrected chi connectivity index (χ3v) is 5.06. The number of nitrogens with one attached hydrogen (secondary N) is 2. The molecular weight excluding hydrogens is 490 g/mol. The molecule has 0 spiro atoms. The molecule has 1 heterocycles. The molecule has 2 amide bonds. The Balaban J connectivity index is 2.42. The van der Waals surface area contributed by atoms with Gasteiger partial charge in [0.2, 0.25) is 5.28 Å². The lowest BCUT2D eigenvalue weighted by Crippen LogP contribution is -2.49. The molecule has 0 aromatic carbocycles. The number of amides is 2. The lowest BCUT2D eigenvalue weighted by Gasteiger charge is -2.35. The number of methoxy groups -OCH3 is 1. The molecule has 1 aliphatic carbocycles. The average molecular weight is 524 g/mol. The van der Waals surface area contributed by atoms with Crippen LogP contribution in [0.5, 0.6) is 0 Å². The Morgan fingerprint density at radius 2 is 1.67 bits per heavy atom. The van der Waals surface area contributed by atoms with E-state index in [0.717, 1.165) is 19.3 Å². The third kappa shape index (κ3) is 8.75. The lowest BCUT2D eigenvalue weighted by molar-refractivity contribution is -0.147. The summed E-state index contributed by atoms with van der Waals surface area (Å²) in [5.74, 6) is 2.52. The highest BCUT2D eigenvalue weighted by molar-refractivity contribution is 6.28. The summed E-state index contributed by atoms with van der Waals surface area (Å²) in [7, 11) is 1.33. The summed E-state index contributed by atoms with van der Waals surface area (Å²) >= 11 is 6.02. The van der Waals surface area contributed by atoms with Gasteiger partial charge in [0.1, 0.15) is 22.6 Å². The Hall–Kier alpha value is -3.26. The maximum atomic E-state index is 12.7.